The Morgan fingerprint density at radius 1 is 0.750 bits per heavy atom. The van der Waals surface area contributed by atoms with E-state index in [1.165, 1.54) is 7.11 Å². The molecule has 0 bridgehead atoms. The third kappa shape index (κ3) is 12.0. The standard InChI is InChI=1S/C17H30O7/c1-15(2,3)22-24-17(6,7)12-11-16(4,5)23-21-14(19)10-9-13(18)20-8/h9-10H,11-12H2,1-8H3/b10-9+. The van der Waals surface area contributed by atoms with Crippen LogP contribution in [-0.4, -0.2) is 35.9 Å². The van der Waals surface area contributed by atoms with Crippen molar-refractivity contribution >= 4 is 11.9 Å². The van der Waals surface area contributed by atoms with Crippen LogP contribution in [0, 0.1) is 0 Å². The van der Waals surface area contributed by atoms with Gasteiger partial charge in [0.05, 0.1) is 18.3 Å². The van der Waals surface area contributed by atoms with Gasteiger partial charge >= 0.3 is 11.9 Å². The Labute approximate surface area is 144 Å². The van der Waals surface area contributed by atoms with Gasteiger partial charge in [-0.1, -0.05) is 0 Å². The molecule has 0 aliphatic heterocycles. The Hall–Kier alpha value is -1.44. The molecule has 0 aliphatic carbocycles. The molecule has 0 heterocycles. The highest BCUT2D eigenvalue weighted by Crippen LogP contribution is 2.26. The average molecular weight is 346 g/mol. The second-order valence-electron chi connectivity index (χ2n) is 7.64. The molecule has 0 aliphatic rings. The smallest absolute Gasteiger partial charge is 0.366 e. The molecule has 24 heavy (non-hydrogen) atoms. The van der Waals surface area contributed by atoms with E-state index in [0.717, 1.165) is 12.2 Å². The number of carbonyl (C=O) groups is 2. The molecule has 0 spiro atoms. The Kier molecular flexibility index (Phi) is 8.60. The van der Waals surface area contributed by atoms with Crippen molar-refractivity contribution in [2.24, 2.45) is 0 Å². The first-order valence-corrected chi connectivity index (χ1v) is 7.79. The Morgan fingerprint density at radius 3 is 1.67 bits per heavy atom. The predicted octanol–water partition coefficient (Wildman–Crippen LogP) is 3.27. The Balaban J connectivity index is 4.31. The van der Waals surface area contributed by atoms with Gasteiger partial charge in [-0.25, -0.2) is 19.4 Å². The molecule has 0 saturated carbocycles. The van der Waals surface area contributed by atoms with Crippen molar-refractivity contribution in [2.75, 3.05) is 7.11 Å². The van der Waals surface area contributed by atoms with E-state index in [9.17, 15) is 9.59 Å². The van der Waals surface area contributed by atoms with Crippen molar-refractivity contribution in [1.29, 1.82) is 0 Å². The van der Waals surface area contributed by atoms with E-state index in [1.807, 2.05) is 34.6 Å². The van der Waals surface area contributed by atoms with E-state index in [0.29, 0.717) is 12.8 Å². The first kappa shape index (κ1) is 22.6. The topological polar surface area (TPSA) is 80.3 Å². The molecule has 0 atom stereocenters. The van der Waals surface area contributed by atoms with Gasteiger partial charge in [-0.05, 0) is 61.3 Å². The van der Waals surface area contributed by atoms with E-state index in [2.05, 4.69) is 9.62 Å². The maximum Gasteiger partial charge on any atom is 0.366 e. The monoisotopic (exact) mass is 346 g/mol. The summed E-state index contributed by atoms with van der Waals surface area (Å²) in [6.07, 6.45) is 3.07. The molecule has 7 heteroatoms. The van der Waals surface area contributed by atoms with Crippen LogP contribution in [0.3, 0.4) is 0 Å². The van der Waals surface area contributed by atoms with Crippen LogP contribution in [0.1, 0.15) is 61.3 Å². The number of rotatable bonds is 9. The van der Waals surface area contributed by atoms with Crippen molar-refractivity contribution in [3.05, 3.63) is 12.2 Å². The van der Waals surface area contributed by atoms with Crippen LogP contribution in [-0.2, 0) is 33.9 Å². The molecule has 140 valence electrons. The van der Waals surface area contributed by atoms with Crippen molar-refractivity contribution in [3.63, 3.8) is 0 Å². The van der Waals surface area contributed by atoms with Gasteiger partial charge in [-0.15, -0.1) is 0 Å². The van der Waals surface area contributed by atoms with Gasteiger partial charge in [0.2, 0.25) is 0 Å². The van der Waals surface area contributed by atoms with Crippen LogP contribution < -0.4 is 0 Å². The van der Waals surface area contributed by atoms with Gasteiger partial charge in [-0.3, -0.25) is 4.89 Å². The lowest BCUT2D eigenvalue weighted by Crippen LogP contribution is -2.34. The molecule has 0 N–H and O–H groups in total. The number of hydrogen-bond donors (Lipinski definition) is 0. The summed E-state index contributed by atoms with van der Waals surface area (Å²) in [7, 11) is 1.21. The summed E-state index contributed by atoms with van der Waals surface area (Å²) in [5.74, 6) is -1.44. The molecule has 0 aromatic heterocycles. The third-order valence-electron chi connectivity index (χ3n) is 2.75. The maximum absolute atomic E-state index is 11.4. The van der Waals surface area contributed by atoms with Crippen LogP contribution in [0.15, 0.2) is 12.2 Å². The highest BCUT2D eigenvalue weighted by Gasteiger charge is 2.29. The molecule has 0 amide bonds. The fourth-order valence-electron chi connectivity index (χ4n) is 1.31. The van der Waals surface area contributed by atoms with E-state index in [4.69, 9.17) is 14.7 Å². The summed E-state index contributed by atoms with van der Waals surface area (Å²) in [6, 6.07) is 0. The molecule has 0 aromatic rings. The molecular weight excluding hydrogens is 316 g/mol. The lowest BCUT2D eigenvalue weighted by molar-refractivity contribution is -0.400. The molecule has 0 unspecified atom stereocenters. The fourth-order valence-corrected chi connectivity index (χ4v) is 1.31. The largest absolute Gasteiger partial charge is 0.466 e. The third-order valence-corrected chi connectivity index (χ3v) is 2.75. The minimum atomic E-state index is -0.792. The maximum atomic E-state index is 11.4. The van der Waals surface area contributed by atoms with Crippen LogP contribution in [0.25, 0.3) is 0 Å². The summed E-state index contributed by atoms with van der Waals surface area (Å²) >= 11 is 0. The van der Waals surface area contributed by atoms with Gasteiger partial charge in [0.1, 0.15) is 5.60 Å². The summed E-state index contributed by atoms with van der Waals surface area (Å²) in [4.78, 5) is 43.0. The Bertz CT molecular complexity index is 444. The quantitative estimate of drug-likeness (QED) is 0.274. The van der Waals surface area contributed by atoms with Crippen molar-refractivity contribution in [1.82, 2.24) is 0 Å². The number of ether oxygens (including phenoxy) is 1. The van der Waals surface area contributed by atoms with Gasteiger partial charge in [0.25, 0.3) is 0 Å². The zero-order valence-electron chi connectivity index (χ0n) is 15.9. The lowest BCUT2D eigenvalue weighted by Gasteiger charge is -2.31. The van der Waals surface area contributed by atoms with Gasteiger partial charge in [-0.2, -0.15) is 4.89 Å². The highest BCUT2D eigenvalue weighted by atomic mass is 17.2. The second-order valence-corrected chi connectivity index (χ2v) is 7.64. The van der Waals surface area contributed by atoms with E-state index >= 15 is 0 Å². The number of esters is 1. The molecule has 0 saturated heterocycles. The van der Waals surface area contributed by atoms with Crippen LogP contribution in [0.5, 0.6) is 0 Å². The van der Waals surface area contributed by atoms with Crippen molar-refractivity contribution in [2.45, 2.75) is 78.1 Å². The number of methoxy groups -OCH3 is 1. The summed E-state index contributed by atoms with van der Waals surface area (Å²) in [5, 5.41) is 0. The summed E-state index contributed by atoms with van der Waals surface area (Å²) in [6.45, 7) is 13.1. The molecule has 0 fully saturated rings. The molecule has 7 nitrogen and oxygen atoms in total. The first-order valence-electron chi connectivity index (χ1n) is 7.79. The molecular formula is C17H30O7. The number of carbonyl (C=O) groups excluding carboxylic acids is 2. The average Bonchev–Trinajstić information content (AvgIpc) is 2.46. The van der Waals surface area contributed by atoms with Crippen LogP contribution in [0.4, 0.5) is 0 Å². The highest BCUT2D eigenvalue weighted by molar-refractivity contribution is 5.91. The van der Waals surface area contributed by atoms with Crippen LogP contribution in [0.2, 0.25) is 0 Å². The van der Waals surface area contributed by atoms with Gasteiger partial charge in [0, 0.05) is 12.2 Å². The summed E-state index contributed by atoms with van der Waals surface area (Å²) < 4.78 is 4.37. The zero-order chi connectivity index (χ0) is 19.0. The van der Waals surface area contributed by atoms with Gasteiger partial charge in [0.15, 0.2) is 0 Å². The number of hydrogen-bond acceptors (Lipinski definition) is 7. The molecule has 0 rings (SSSR count). The van der Waals surface area contributed by atoms with E-state index in [1.54, 1.807) is 13.8 Å². The van der Waals surface area contributed by atoms with Crippen molar-refractivity contribution in [3.8, 4) is 0 Å². The fraction of sp³-hybridized carbons (Fsp3) is 0.765. The van der Waals surface area contributed by atoms with E-state index in [-0.39, 0.29) is 0 Å². The first-order chi connectivity index (χ1) is 10.8. The molecule has 0 aromatic carbocycles. The van der Waals surface area contributed by atoms with Gasteiger partial charge < -0.3 is 4.74 Å². The summed E-state index contributed by atoms with van der Waals surface area (Å²) in [5.41, 5.74) is -1.65. The normalized spacial score (nSPS) is 13.2. The van der Waals surface area contributed by atoms with Crippen LogP contribution >= 0.6 is 0 Å². The lowest BCUT2D eigenvalue weighted by atomic mass is 9.94. The zero-order valence-corrected chi connectivity index (χ0v) is 15.9. The minimum absolute atomic E-state index is 0.398. The van der Waals surface area contributed by atoms with E-state index < -0.39 is 28.7 Å². The Morgan fingerprint density at radius 2 is 1.21 bits per heavy atom. The minimum Gasteiger partial charge on any atom is -0.466 e. The predicted molar refractivity (Wildman–Crippen MR) is 87.6 cm³/mol. The SMILES string of the molecule is COC(=O)/C=C/C(=O)OOC(C)(C)CCC(C)(C)OOC(C)(C)C. The molecule has 0 radical (unpaired) electrons. The second kappa shape index (κ2) is 9.15. The van der Waals surface area contributed by atoms with Crippen molar-refractivity contribution < 1.29 is 33.9 Å².